The maximum Gasteiger partial charge on any atom is 0.307 e. The van der Waals surface area contributed by atoms with Gasteiger partial charge in [0.15, 0.2) is 0 Å². The van der Waals surface area contributed by atoms with Crippen LogP contribution in [0.4, 0.5) is 0 Å². The Morgan fingerprint density at radius 2 is 1.73 bits per heavy atom. The van der Waals surface area contributed by atoms with Crippen LogP contribution in [-0.4, -0.2) is 16.9 Å². The molecule has 1 aliphatic carbocycles. The number of carboxylic acid groups (broad SMARTS) is 1. The van der Waals surface area contributed by atoms with E-state index in [1.165, 1.54) is 6.92 Å². The molecule has 0 amide bonds. The molecular weight excluding hydrogens is 144 g/mol. The van der Waals surface area contributed by atoms with Crippen molar-refractivity contribution in [2.45, 2.75) is 20.8 Å². The Balaban J connectivity index is 2.76. The molecule has 0 aromatic rings. The topological polar surface area (TPSA) is 54.4 Å². The van der Waals surface area contributed by atoms with E-state index in [2.05, 4.69) is 0 Å². The molecule has 0 aliphatic heterocycles. The van der Waals surface area contributed by atoms with Crippen LogP contribution in [0, 0.1) is 17.3 Å². The summed E-state index contributed by atoms with van der Waals surface area (Å²) in [7, 11) is 0. The van der Waals surface area contributed by atoms with Crippen molar-refractivity contribution >= 4 is 11.8 Å². The van der Waals surface area contributed by atoms with Gasteiger partial charge in [0.25, 0.3) is 0 Å². The molecule has 1 fully saturated rings. The van der Waals surface area contributed by atoms with Gasteiger partial charge in [-0.2, -0.15) is 0 Å². The first kappa shape index (κ1) is 8.24. The normalized spacial score (nSPS) is 33.0. The maximum absolute atomic E-state index is 10.9. The van der Waals surface area contributed by atoms with Crippen molar-refractivity contribution in [2.24, 2.45) is 17.3 Å². The number of carboxylic acids is 1. The van der Waals surface area contributed by atoms with Crippen LogP contribution in [0.2, 0.25) is 0 Å². The fourth-order valence-electron chi connectivity index (χ4n) is 1.86. The summed E-state index contributed by atoms with van der Waals surface area (Å²) in [4.78, 5) is 21.4. The van der Waals surface area contributed by atoms with E-state index in [0.717, 1.165) is 0 Å². The fourth-order valence-corrected chi connectivity index (χ4v) is 1.86. The quantitative estimate of drug-likeness (QED) is 0.647. The molecule has 62 valence electrons. The van der Waals surface area contributed by atoms with Crippen molar-refractivity contribution in [1.29, 1.82) is 0 Å². The highest BCUT2D eigenvalue weighted by Gasteiger charge is 2.64. The van der Waals surface area contributed by atoms with Crippen LogP contribution >= 0.6 is 0 Å². The van der Waals surface area contributed by atoms with Crippen molar-refractivity contribution in [3.05, 3.63) is 0 Å². The highest BCUT2D eigenvalue weighted by Crippen LogP contribution is 2.58. The zero-order valence-corrected chi connectivity index (χ0v) is 6.92. The van der Waals surface area contributed by atoms with Gasteiger partial charge in [-0.15, -0.1) is 0 Å². The lowest BCUT2D eigenvalue weighted by Crippen LogP contribution is -2.04. The van der Waals surface area contributed by atoms with Crippen LogP contribution in [0.1, 0.15) is 20.8 Å². The van der Waals surface area contributed by atoms with Crippen LogP contribution < -0.4 is 0 Å². The van der Waals surface area contributed by atoms with Gasteiger partial charge in [0, 0.05) is 5.92 Å². The van der Waals surface area contributed by atoms with Crippen molar-refractivity contribution in [3.63, 3.8) is 0 Å². The van der Waals surface area contributed by atoms with Gasteiger partial charge in [0.2, 0.25) is 0 Å². The first-order chi connectivity index (χ1) is 4.89. The molecule has 1 saturated carbocycles. The van der Waals surface area contributed by atoms with E-state index in [-0.39, 0.29) is 17.1 Å². The van der Waals surface area contributed by atoms with Gasteiger partial charge < -0.3 is 5.11 Å². The summed E-state index contributed by atoms with van der Waals surface area (Å²) < 4.78 is 0. The van der Waals surface area contributed by atoms with Crippen molar-refractivity contribution in [3.8, 4) is 0 Å². The molecule has 3 heteroatoms. The van der Waals surface area contributed by atoms with Crippen LogP contribution in [0.3, 0.4) is 0 Å². The number of aliphatic carboxylic acids is 1. The second-order valence-electron chi connectivity index (χ2n) is 3.73. The zero-order chi connectivity index (χ0) is 8.81. The average molecular weight is 156 g/mol. The summed E-state index contributed by atoms with van der Waals surface area (Å²) in [5.41, 5.74) is -0.322. The lowest BCUT2D eigenvalue weighted by atomic mass is 10.1. The van der Waals surface area contributed by atoms with Gasteiger partial charge in [-0.1, -0.05) is 13.8 Å². The van der Waals surface area contributed by atoms with Gasteiger partial charge in [-0.3, -0.25) is 9.59 Å². The van der Waals surface area contributed by atoms with E-state index < -0.39 is 11.9 Å². The summed E-state index contributed by atoms with van der Waals surface area (Å²) in [5.74, 6) is -1.59. The first-order valence-electron chi connectivity index (χ1n) is 3.62. The minimum absolute atomic E-state index is 0.0117. The zero-order valence-electron chi connectivity index (χ0n) is 6.92. The molecule has 0 saturated heterocycles. The Labute approximate surface area is 65.4 Å². The largest absolute Gasteiger partial charge is 0.481 e. The van der Waals surface area contributed by atoms with Crippen molar-refractivity contribution in [2.75, 3.05) is 0 Å². The molecule has 0 spiro atoms. The Morgan fingerprint density at radius 3 is 1.82 bits per heavy atom. The van der Waals surface area contributed by atoms with Crippen molar-refractivity contribution < 1.29 is 14.7 Å². The van der Waals surface area contributed by atoms with E-state index in [1.807, 2.05) is 13.8 Å². The summed E-state index contributed by atoms with van der Waals surface area (Å²) in [6.45, 7) is 5.09. The molecular formula is C8H12O3. The summed E-state index contributed by atoms with van der Waals surface area (Å²) >= 11 is 0. The number of rotatable bonds is 2. The SMILES string of the molecule is CC(=O)[C@@H]1[C@@H](C(=O)O)C1(C)C. The highest BCUT2D eigenvalue weighted by atomic mass is 16.4. The van der Waals surface area contributed by atoms with Crippen LogP contribution in [0.5, 0.6) is 0 Å². The van der Waals surface area contributed by atoms with Gasteiger partial charge in [-0.05, 0) is 12.3 Å². The smallest absolute Gasteiger partial charge is 0.307 e. The van der Waals surface area contributed by atoms with E-state index in [4.69, 9.17) is 5.11 Å². The predicted molar refractivity (Wildman–Crippen MR) is 39.1 cm³/mol. The van der Waals surface area contributed by atoms with E-state index in [0.29, 0.717) is 0 Å². The molecule has 2 atom stereocenters. The Hall–Kier alpha value is -0.860. The highest BCUT2D eigenvalue weighted by molar-refractivity contribution is 5.91. The minimum Gasteiger partial charge on any atom is -0.481 e. The van der Waals surface area contributed by atoms with E-state index in [9.17, 15) is 9.59 Å². The van der Waals surface area contributed by atoms with Gasteiger partial charge in [0.05, 0.1) is 5.92 Å². The van der Waals surface area contributed by atoms with Crippen LogP contribution in [0.25, 0.3) is 0 Å². The lowest BCUT2D eigenvalue weighted by Gasteiger charge is -1.96. The average Bonchev–Trinajstić information content (AvgIpc) is 2.33. The third-order valence-corrected chi connectivity index (χ3v) is 2.53. The van der Waals surface area contributed by atoms with Gasteiger partial charge >= 0.3 is 5.97 Å². The number of hydrogen-bond acceptors (Lipinski definition) is 2. The van der Waals surface area contributed by atoms with E-state index >= 15 is 0 Å². The minimum atomic E-state index is -0.852. The number of Topliss-reactive ketones (excluding diaryl/α,β-unsaturated/α-hetero) is 1. The number of carbonyl (C=O) groups excluding carboxylic acids is 1. The molecule has 0 bridgehead atoms. The second kappa shape index (κ2) is 2.06. The predicted octanol–water partition coefficient (Wildman–Crippen LogP) is 0.932. The molecule has 0 aromatic carbocycles. The fraction of sp³-hybridized carbons (Fsp3) is 0.750. The lowest BCUT2D eigenvalue weighted by molar-refractivity contribution is -0.140. The Morgan fingerprint density at radius 1 is 1.27 bits per heavy atom. The summed E-state index contributed by atoms with van der Waals surface area (Å²) in [5, 5.41) is 8.66. The summed E-state index contributed by atoms with van der Waals surface area (Å²) in [6, 6.07) is 0. The standard InChI is InChI=1S/C8H12O3/c1-4(9)5-6(7(10)11)8(5,2)3/h5-6H,1-3H3,(H,10,11)/t5-,6+/m1/s1. The van der Waals surface area contributed by atoms with Crippen LogP contribution in [-0.2, 0) is 9.59 Å². The number of carbonyl (C=O) groups is 2. The molecule has 0 aromatic heterocycles. The second-order valence-corrected chi connectivity index (χ2v) is 3.73. The maximum atomic E-state index is 10.9. The Bertz CT molecular complexity index is 195. The third kappa shape index (κ3) is 1.04. The monoisotopic (exact) mass is 156 g/mol. The van der Waals surface area contributed by atoms with Crippen LogP contribution in [0.15, 0.2) is 0 Å². The molecule has 11 heavy (non-hydrogen) atoms. The molecule has 0 radical (unpaired) electrons. The third-order valence-electron chi connectivity index (χ3n) is 2.53. The van der Waals surface area contributed by atoms with E-state index in [1.54, 1.807) is 0 Å². The first-order valence-corrected chi connectivity index (χ1v) is 3.62. The van der Waals surface area contributed by atoms with Crippen molar-refractivity contribution in [1.82, 2.24) is 0 Å². The number of ketones is 1. The molecule has 1 aliphatic rings. The molecule has 0 heterocycles. The molecule has 1 rings (SSSR count). The molecule has 0 unspecified atom stereocenters. The van der Waals surface area contributed by atoms with Gasteiger partial charge in [0.1, 0.15) is 5.78 Å². The molecule has 1 N–H and O–H groups in total. The summed E-state index contributed by atoms with van der Waals surface area (Å²) in [6.07, 6.45) is 0. The Kier molecular flexibility index (Phi) is 1.54. The molecule has 3 nitrogen and oxygen atoms in total. The van der Waals surface area contributed by atoms with Gasteiger partial charge in [-0.25, -0.2) is 0 Å². The number of hydrogen-bond donors (Lipinski definition) is 1.